The Hall–Kier alpha value is -1.58. The minimum Gasteiger partial charge on any atom is -0.385 e. The summed E-state index contributed by atoms with van der Waals surface area (Å²) in [5.74, 6) is 0.631. The number of rotatable bonds is 5. The normalized spacial score (nSPS) is 10.5. The number of nitrogens with one attached hydrogen (secondary N) is 1. The number of aryl methyl sites for hydroxylation is 1. The van der Waals surface area contributed by atoms with Crippen molar-refractivity contribution in [1.29, 1.82) is 0 Å². The number of benzene rings is 1. The second kappa shape index (κ2) is 5.49. The molecule has 0 atom stereocenters. The molecule has 4 nitrogen and oxygen atoms in total. The van der Waals surface area contributed by atoms with E-state index in [9.17, 15) is 10.1 Å². The number of nitro benzene ring substituents is 1. The van der Waals surface area contributed by atoms with Gasteiger partial charge in [-0.2, -0.15) is 0 Å². The van der Waals surface area contributed by atoms with Gasteiger partial charge in [0.15, 0.2) is 0 Å². The summed E-state index contributed by atoms with van der Waals surface area (Å²) in [6.45, 7) is 7.10. The predicted molar refractivity (Wildman–Crippen MR) is 65.8 cm³/mol. The topological polar surface area (TPSA) is 55.2 Å². The molecule has 0 aliphatic carbocycles. The number of nitro groups is 1. The minimum atomic E-state index is -0.368. The SMILES string of the molecule is Cc1ccc([N+](=O)[O-])cc1NCCC(C)C. The van der Waals surface area contributed by atoms with Crippen LogP contribution in [0.2, 0.25) is 0 Å². The summed E-state index contributed by atoms with van der Waals surface area (Å²) in [5, 5.41) is 13.9. The highest BCUT2D eigenvalue weighted by molar-refractivity contribution is 5.56. The Bertz CT molecular complexity index is 375. The lowest BCUT2D eigenvalue weighted by atomic mass is 10.1. The second-order valence-corrected chi connectivity index (χ2v) is 4.37. The van der Waals surface area contributed by atoms with Gasteiger partial charge in [-0.25, -0.2) is 0 Å². The van der Waals surface area contributed by atoms with E-state index in [0.717, 1.165) is 24.2 Å². The number of non-ortho nitro benzene ring substituents is 1. The molecule has 0 radical (unpaired) electrons. The first kappa shape index (κ1) is 12.5. The van der Waals surface area contributed by atoms with Crippen molar-refractivity contribution in [1.82, 2.24) is 0 Å². The van der Waals surface area contributed by atoms with Crippen LogP contribution in [0.25, 0.3) is 0 Å². The first-order valence-corrected chi connectivity index (χ1v) is 5.49. The number of hydrogen-bond donors (Lipinski definition) is 1. The van der Waals surface area contributed by atoms with Crippen LogP contribution in [-0.4, -0.2) is 11.5 Å². The van der Waals surface area contributed by atoms with Crippen molar-refractivity contribution in [3.63, 3.8) is 0 Å². The molecule has 1 rings (SSSR count). The van der Waals surface area contributed by atoms with E-state index in [-0.39, 0.29) is 10.6 Å². The van der Waals surface area contributed by atoms with Gasteiger partial charge in [0, 0.05) is 24.4 Å². The monoisotopic (exact) mass is 222 g/mol. The average molecular weight is 222 g/mol. The number of anilines is 1. The molecule has 0 fully saturated rings. The van der Waals surface area contributed by atoms with Crippen molar-refractivity contribution in [3.05, 3.63) is 33.9 Å². The van der Waals surface area contributed by atoms with Gasteiger partial charge in [-0.3, -0.25) is 10.1 Å². The molecule has 0 saturated carbocycles. The van der Waals surface area contributed by atoms with Crippen LogP contribution in [0.1, 0.15) is 25.8 Å². The van der Waals surface area contributed by atoms with Gasteiger partial charge in [0.05, 0.1) is 4.92 Å². The lowest BCUT2D eigenvalue weighted by Crippen LogP contribution is -2.06. The van der Waals surface area contributed by atoms with Crippen LogP contribution in [-0.2, 0) is 0 Å². The Kier molecular flexibility index (Phi) is 4.28. The van der Waals surface area contributed by atoms with Crippen molar-refractivity contribution in [2.24, 2.45) is 5.92 Å². The average Bonchev–Trinajstić information content (AvgIpc) is 2.20. The molecular formula is C12H18N2O2. The van der Waals surface area contributed by atoms with Crippen LogP contribution < -0.4 is 5.32 Å². The molecule has 0 heterocycles. The van der Waals surface area contributed by atoms with Crippen LogP contribution in [0.15, 0.2) is 18.2 Å². The lowest BCUT2D eigenvalue weighted by molar-refractivity contribution is -0.384. The molecular weight excluding hydrogens is 204 g/mol. The summed E-state index contributed by atoms with van der Waals surface area (Å²) in [5.41, 5.74) is 2.03. The smallest absolute Gasteiger partial charge is 0.271 e. The molecule has 1 N–H and O–H groups in total. The van der Waals surface area contributed by atoms with Crippen LogP contribution in [0.5, 0.6) is 0 Å². The van der Waals surface area contributed by atoms with E-state index in [2.05, 4.69) is 19.2 Å². The van der Waals surface area contributed by atoms with E-state index in [4.69, 9.17) is 0 Å². The highest BCUT2D eigenvalue weighted by Crippen LogP contribution is 2.21. The molecule has 1 aromatic carbocycles. The molecule has 0 aliphatic rings. The molecule has 1 aromatic rings. The Morgan fingerprint density at radius 3 is 2.69 bits per heavy atom. The van der Waals surface area contributed by atoms with Gasteiger partial charge in [-0.05, 0) is 24.8 Å². The first-order chi connectivity index (χ1) is 7.50. The van der Waals surface area contributed by atoms with Gasteiger partial charge in [-0.1, -0.05) is 19.9 Å². The van der Waals surface area contributed by atoms with Gasteiger partial charge in [-0.15, -0.1) is 0 Å². The number of nitrogens with zero attached hydrogens (tertiary/aromatic N) is 1. The second-order valence-electron chi connectivity index (χ2n) is 4.37. The van der Waals surface area contributed by atoms with E-state index < -0.39 is 0 Å². The first-order valence-electron chi connectivity index (χ1n) is 5.49. The highest BCUT2D eigenvalue weighted by atomic mass is 16.6. The molecule has 0 saturated heterocycles. The standard InChI is InChI=1S/C12H18N2O2/c1-9(2)6-7-13-12-8-11(14(15)16)5-4-10(12)3/h4-5,8-9,13H,6-7H2,1-3H3. The molecule has 0 spiro atoms. The molecule has 4 heteroatoms. The van der Waals surface area contributed by atoms with Gasteiger partial charge >= 0.3 is 0 Å². The van der Waals surface area contributed by atoms with Gasteiger partial charge in [0.1, 0.15) is 0 Å². The fraction of sp³-hybridized carbons (Fsp3) is 0.500. The van der Waals surface area contributed by atoms with E-state index in [1.54, 1.807) is 12.1 Å². The Balaban J connectivity index is 2.70. The van der Waals surface area contributed by atoms with Crippen molar-refractivity contribution >= 4 is 11.4 Å². The van der Waals surface area contributed by atoms with Crippen LogP contribution in [0, 0.1) is 23.0 Å². The largest absolute Gasteiger partial charge is 0.385 e. The zero-order valence-electron chi connectivity index (χ0n) is 9.99. The van der Waals surface area contributed by atoms with Crippen LogP contribution in [0.3, 0.4) is 0 Å². The molecule has 0 aromatic heterocycles. The van der Waals surface area contributed by atoms with Crippen molar-refractivity contribution < 1.29 is 4.92 Å². The van der Waals surface area contributed by atoms with Crippen molar-refractivity contribution in [2.75, 3.05) is 11.9 Å². The summed E-state index contributed by atoms with van der Waals surface area (Å²) in [6.07, 6.45) is 1.06. The Morgan fingerprint density at radius 2 is 2.12 bits per heavy atom. The van der Waals surface area contributed by atoms with E-state index in [1.807, 2.05) is 6.92 Å². The quantitative estimate of drug-likeness (QED) is 0.614. The summed E-state index contributed by atoms with van der Waals surface area (Å²) in [6, 6.07) is 4.90. The molecule has 0 unspecified atom stereocenters. The summed E-state index contributed by atoms with van der Waals surface area (Å²) in [7, 11) is 0. The molecule has 0 amide bonds. The maximum Gasteiger partial charge on any atom is 0.271 e. The summed E-state index contributed by atoms with van der Waals surface area (Å²) in [4.78, 5) is 10.3. The van der Waals surface area contributed by atoms with E-state index in [0.29, 0.717) is 5.92 Å². The third-order valence-electron chi connectivity index (χ3n) is 2.47. The fourth-order valence-electron chi connectivity index (χ4n) is 1.41. The zero-order valence-corrected chi connectivity index (χ0v) is 9.99. The maximum atomic E-state index is 10.6. The molecule has 0 aliphatic heterocycles. The van der Waals surface area contributed by atoms with Crippen LogP contribution in [0.4, 0.5) is 11.4 Å². The van der Waals surface area contributed by atoms with Crippen molar-refractivity contribution in [3.8, 4) is 0 Å². The van der Waals surface area contributed by atoms with E-state index >= 15 is 0 Å². The lowest BCUT2D eigenvalue weighted by Gasteiger charge is -2.10. The third kappa shape index (κ3) is 3.53. The summed E-state index contributed by atoms with van der Waals surface area (Å²) >= 11 is 0. The molecule has 0 bridgehead atoms. The Labute approximate surface area is 95.8 Å². The van der Waals surface area contributed by atoms with Crippen molar-refractivity contribution in [2.45, 2.75) is 27.2 Å². The fourth-order valence-corrected chi connectivity index (χ4v) is 1.41. The van der Waals surface area contributed by atoms with Crippen LogP contribution >= 0.6 is 0 Å². The van der Waals surface area contributed by atoms with E-state index in [1.165, 1.54) is 6.07 Å². The zero-order chi connectivity index (χ0) is 12.1. The summed E-state index contributed by atoms with van der Waals surface area (Å²) < 4.78 is 0. The number of hydrogen-bond acceptors (Lipinski definition) is 3. The maximum absolute atomic E-state index is 10.6. The molecule has 16 heavy (non-hydrogen) atoms. The highest BCUT2D eigenvalue weighted by Gasteiger charge is 2.08. The van der Waals surface area contributed by atoms with Gasteiger partial charge in [0.25, 0.3) is 5.69 Å². The Morgan fingerprint density at radius 1 is 1.44 bits per heavy atom. The molecule has 88 valence electrons. The van der Waals surface area contributed by atoms with Gasteiger partial charge in [0.2, 0.25) is 0 Å². The minimum absolute atomic E-state index is 0.137. The predicted octanol–water partition coefficient (Wildman–Crippen LogP) is 3.36. The third-order valence-corrected chi connectivity index (χ3v) is 2.47. The van der Waals surface area contributed by atoms with Gasteiger partial charge < -0.3 is 5.32 Å².